The summed E-state index contributed by atoms with van der Waals surface area (Å²) >= 11 is 0. The average Bonchev–Trinajstić information content (AvgIpc) is 2.38. The van der Waals surface area contributed by atoms with E-state index in [4.69, 9.17) is 5.11 Å². The van der Waals surface area contributed by atoms with Gasteiger partial charge in [-0.25, -0.2) is 14.5 Å². The summed E-state index contributed by atoms with van der Waals surface area (Å²) in [6.45, 7) is -0.0549. The van der Waals surface area contributed by atoms with E-state index < -0.39 is 16.3 Å². The maximum atomic E-state index is 11.5. The molecule has 0 aliphatic rings. The maximum absolute atomic E-state index is 11.5. The van der Waals surface area contributed by atoms with Crippen molar-refractivity contribution in [3.8, 4) is 11.8 Å². The first-order chi connectivity index (χ1) is 9.46. The number of aliphatic hydroxyl groups is 1. The molecule has 0 saturated heterocycles. The molecule has 0 aliphatic heterocycles. The topological polar surface area (TPSA) is 118 Å². The van der Waals surface area contributed by atoms with Crippen LogP contribution < -0.4 is 9.44 Å². The number of aliphatic hydroxyl groups excluding tert-OH is 1. The van der Waals surface area contributed by atoms with Gasteiger partial charge in [-0.3, -0.25) is 4.72 Å². The third kappa shape index (κ3) is 5.55. The Morgan fingerprint density at radius 3 is 2.95 bits per heavy atom. The van der Waals surface area contributed by atoms with Crippen molar-refractivity contribution in [2.24, 2.45) is 0 Å². The molecule has 3 N–H and O–H groups in total. The molecule has 0 atom stereocenters. The molecule has 1 amide bonds. The normalized spacial score (nSPS) is 10.1. The van der Waals surface area contributed by atoms with Gasteiger partial charge >= 0.3 is 16.3 Å². The van der Waals surface area contributed by atoms with Gasteiger partial charge in [0.05, 0.1) is 13.7 Å². The number of rotatable bonds is 4. The number of anilines is 1. The van der Waals surface area contributed by atoms with Crippen molar-refractivity contribution in [2.45, 2.75) is 6.42 Å². The van der Waals surface area contributed by atoms with E-state index in [-0.39, 0.29) is 12.4 Å². The van der Waals surface area contributed by atoms with Crippen LogP contribution in [0.25, 0.3) is 0 Å². The Labute approximate surface area is 116 Å². The highest BCUT2D eigenvalue weighted by atomic mass is 32.2. The number of hydrogen-bond donors (Lipinski definition) is 3. The van der Waals surface area contributed by atoms with Crippen molar-refractivity contribution < 1.29 is 23.1 Å². The van der Waals surface area contributed by atoms with E-state index in [9.17, 15) is 13.2 Å². The number of nitrogens with zero attached hydrogens (tertiary/aromatic N) is 1. The number of methoxy groups -OCH3 is 1. The molecule has 0 saturated carbocycles. The summed E-state index contributed by atoms with van der Waals surface area (Å²) in [5.41, 5.74) is 0.518. The molecule has 8 nitrogen and oxygen atoms in total. The van der Waals surface area contributed by atoms with Gasteiger partial charge in [0.15, 0.2) is 0 Å². The van der Waals surface area contributed by atoms with Gasteiger partial charge in [0, 0.05) is 18.2 Å². The minimum atomic E-state index is -4.11. The number of hydrogen-bond acceptors (Lipinski definition) is 6. The molecule has 9 heteroatoms. The summed E-state index contributed by atoms with van der Waals surface area (Å²) in [4.78, 5) is 14.6. The van der Waals surface area contributed by atoms with Crippen LogP contribution in [0.3, 0.4) is 0 Å². The molecule has 0 aliphatic carbocycles. The van der Waals surface area contributed by atoms with E-state index in [1.165, 1.54) is 12.3 Å². The van der Waals surface area contributed by atoms with Crippen LogP contribution >= 0.6 is 0 Å². The Hall–Kier alpha value is -2.31. The molecule has 0 fully saturated rings. The van der Waals surface area contributed by atoms with Crippen molar-refractivity contribution in [1.29, 1.82) is 0 Å². The molecule has 0 aromatic carbocycles. The van der Waals surface area contributed by atoms with Gasteiger partial charge in [-0.1, -0.05) is 11.8 Å². The lowest BCUT2D eigenvalue weighted by atomic mass is 10.2. The quantitative estimate of drug-likeness (QED) is 0.664. The van der Waals surface area contributed by atoms with Gasteiger partial charge in [-0.15, -0.1) is 0 Å². The summed E-state index contributed by atoms with van der Waals surface area (Å²) in [7, 11) is -3.07. The fourth-order valence-electron chi connectivity index (χ4n) is 1.10. The van der Waals surface area contributed by atoms with Crippen LogP contribution in [0.4, 0.5) is 10.6 Å². The van der Waals surface area contributed by atoms with E-state index in [0.717, 1.165) is 7.11 Å². The molecule has 108 valence electrons. The highest BCUT2D eigenvalue weighted by Gasteiger charge is 2.14. The third-order valence-corrected chi connectivity index (χ3v) is 2.78. The second kappa shape index (κ2) is 7.32. The molecule has 1 heterocycles. The van der Waals surface area contributed by atoms with Gasteiger partial charge in [0.25, 0.3) is 0 Å². The van der Waals surface area contributed by atoms with Crippen LogP contribution in [-0.2, 0) is 14.9 Å². The van der Waals surface area contributed by atoms with Crippen molar-refractivity contribution in [3.63, 3.8) is 0 Å². The lowest BCUT2D eigenvalue weighted by Crippen LogP contribution is -2.35. The summed E-state index contributed by atoms with van der Waals surface area (Å²) in [5.74, 6) is 5.41. The smallest absolute Gasteiger partial charge is 0.422 e. The molecule has 1 aromatic rings. The predicted molar refractivity (Wildman–Crippen MR) is 70.9 cm³/mol. The average molecular weight is 299 g/mol. The lowest BCUT2D eigenvalue weighted by Gasteiger charge is -2.07. The van der Waals surface area contributed by atoms with Crippen molar-refractivity contribution >= 4 is 22.1 Å². The minimum Gasteiger partial charge on any atom is -0.452 e. The highest BCUT2D eigenvalue weighted by Crippen LogP contribution is 2.07. The Balaban J connectivity index is 2.81. The van der Waals surface area contributed by atoms with Gasteiger partial charge in [0.2, 0.25) is 0 Å². The largest absolute Gasteiger partial charge is 0.452 e. The van der Waals surface area contributed by atoms with Crippen LogP contribution in [0.2, 0.25) is 0 Å². The summed E-state index contributed by atoms with van der Waals surface area (Å²) in [6.07, 6.45) is 0.558. The second-order valence-corrected chi connectivity index (χ2v) is 4.82. The van der Waals surface area contributed by atoms with Crippen LogP contribution in [-0.4, -0.2) is 38.3 Å². The van der Waals surface area contributed by atoms with E-state index in [0.29, 0.717) is 12.0 Å². The van der Waals surface area contributed by atoms with E-state index in [1.54, 1.807) is 10.8 Å². The number of nitrogens with one attached hydrogen (secondary N) is 2. The maximum Gasteiger partial charge on any atom is 0.422 e. The zero-order chi connectivity index (χ0) is 15.0. The molecule has 0 unspecified atom stereocenters. The number of aromatic nitrogens is 1. The van der Waals surface area contributed by atoms with Crippen molar-refractivity contribution in [1.82, 2.24) is 9.71 Å². The molecular weight excluding hydrogens is 286 g/mol. The number of ether oxygens (including phenoxy) is 1. The molecular formula is C11H13N3O5S. The van der Waals surface area contributed by atoms with Crippen LogP contribution in [0.15, 0.2) is 18.3 Å². The van der Waals surface area contributed by atoms with Crippen LogP contribution in [0.1, 0.15) is 12.0 Å². The second-order valence-electron chi connectivity index (χ2n) is 3.40. The first-order valence-corrected chi connectivity index (χ1v) is 6.89. The zero-order valence-corrected chi connectivity index (χ0v) is 11.4. The summed E-state index contributed by atoms with van der Waals surface area (Å²) in [6, 6.07) is 2.97. The number of amides is 1. The fraction of sp³-hybridized carbons (Fsp3) is 0.273. The zero-order valence-electron chi connectivity index (χ0n) is 10.6. The minimum absolute atomic E-state index is 0.00259. The number of carbonyl (C=O) groups is 1. The van der Waals surface area contributed by atoms with Gasteiger partial charge in [0.1, 0.15) is 5.82 Å². The molecule has 1 rings (SSSR count). The SMILES string of the molecule is COC(=O)NS(=O)(=O)Nc1cc(C#CCCO)ccn1. The fourth-order valence-corrected chi connectivity index (χ4v) is 1.84. The molecule has 0 spiro atoms. The molecule has 0 bridgehead atoms. The Bertz CT molecular complexity index is 633. The molecule has 20 heavy (non-hydrogen) atoms. The monoisotopic (exact) mass is 299 g/mol. The van der Waals surface area contributed by atoms with E-state index in [1.807, 2.05) is 4.72 Å². The predicted octanol–water partition coefficient (Wildman–Crippen LogP) is -0.172. The Kier molecular flexibility index (Phi) is 5.76. The third-order valence-electron chi connectivity index (χ3n) is 1.87. The van der Waals surface area contributed by atoms with Crippen molar-refractivity contribution in [2.75, 3.05) is 18.4 Å². The van der Waals surface area contributed by atoms with Crippen LogP contribution in [0, 0.1) is 11.8 Å². The first kappa shape index (κ1) is 15.7. The number of pyridine rings is 1. The molecule has 0 radical (unpaired) electrons. The van der Waals surface area contributed by atoms with Gasteiger partial charge in [-0.05, 0) is 12.1 Å². The van der Waals surface area contributed by atoms with Gasteiger partial charge in [-0.2, -0.15) is 8.42 Å². The number of carbonyl (C=O) groups excluding carboxylic acids is 1. The van der Waals surface area contributed by atoms with Crippen LogP contribution in [0.5, 0.6) is 0 Å². The summed E-state index contributed by atoms with van der Waals surface area (Å²) < 4.78 is 30.9. The highest BCUT2D eigenvalue weighted by molar-refractivity contribution is 7.91. The van der Waals surface area contributed by atoms with E-state index in [2.05, 4.69) is 21.6 Å². The van der Waals surface area contributed by atoms with E-state index >= 15 is 0 Å². The Morgan fingerprint density at radius 1 is 1.55 bits per heavy atom. The Morgan fingerprint density at radius 2 is 2.30 bits per heavy atom. The van der Waals surface area contributed by atoms with Gasteiger partial charge < -0.3 is 9.84 Å². The first-order valence-electron chi connectivity index (χ1n) is 5.41. The standard InChI is InChI=1S/C11H13N3O5S/c1-19-11(16)14-20(17,18)13-10-8-9(5-6-12-10)4-2-3-7-15/h5-6,8,15H,3,7H2,1H3,(H,12,13)(H,14,16). The summed E-state index contributed by atoms with van der Waals surface area (Å²) in [5, 5.41) is 8.60. The molecule has 1 aromatic heterocycles. The lowest BCUT2D eigenvalue weighted by molar-refractivity contribution is 0.177. The van der Waals surface area contributed by atoms with Crippen molar-refractivity contribution in [3.05, 3.63) is 23.9 Å².